The van der Waals surface area contributed by atoms with Crippen molar-refractivity contribution in [2.75, 3.05) is 6.54 Å². The molecule has 0 radical (unpaired) electrons. The topological polar surface area (TPSA) is 54.7 Å². The maximum absolute atomic E-state index is 5.93. The van der Waals surface area contributed by atoms with E-state index in [9.17, 15) is 0 Å². The Kier molecular flexibility index (Phi) is 2.44. The fourth-order valence-corrected chi connectivity index (χ4v) is 1.81. The standard InChI is InChI=1S/C11H14ClN3/c1-11(2,6-13)9-5-15-10-8(9)3-7(12)4-14-10/h3-5H,6,13H2,1-2H3,(H,14,15). The summed E-state index contributed by atoms with van der Waals surface area (Å²) in [7, 11) is 0. The Balaban J connectivity index is 2.67. The van der Waals surface area contributed by atoms with E-state index >= 15 is 0 Å². The molecule has 4 heteroatoms. The molecule has 0 spiro atoms. The summed E-state index contributed by atoms with van der Waals surface area (Å²) in [5.74, 6) is 0. The predicted octanol–water partition coefficient (Wildman–Crippen LogP) is 2.45. The molecule has 2 aromatic rings. The molecule has 0 aromatic carbocycles. The van der Waals surface area contributed by atoms with Gasteiger partial charge in [0.2, 0.25) is 0 Å². The van der Waals surface area contributed by atoms with Crippen LogP contribution in [0.3, 0.4) is 0 Å². The summed E-state index contributed by atoms with van der Waals surface area (Å²) in [4.78, 5) is 7.35. The first-order valence-electron chi connectivity index (χ1n) is 4.88. The SMILES string of the molecule is CC(C)(CN)c1c[nH]c2ncc(Cl)cc12. The van der Waals surface area contributed by atoms with E-state index in [1.54, 1.807) is 6.20 Å². The Morgan fingerprint density at radius 3 is 2.93 bits per heavy atom. The van der Waals surface area contributed by atoms with Gasteiger partial charge < -0.3 is 10.7 Å². The van der Waals surface area contributed by atoms with Crippen molar-refractivity contribution in [3.05, 3.63) is 29.0 Å². The largest absolute Gasteiger partial charge is 0.346 e. The molecule has 0 unspecified atom stereocenters. The number of nitrogens with one attached hydrogen (secondary N) is 1. The summed E-state index contributed by atoms with van der Waals surface area (Å²) in [5, 5.41) is 1.70. The van der Waals surface area contributed by atoms with Crippen LogP contribution in [0.25, 0.3) is 11.0 Å². The smallest absolute Gasteiger partial charge is 0.137 e. The van der Waals surface area contributed by atoms with Crippen LogP contribution in [0.5, 0.6) is 0 Å². The van der Waals surface area contributed by atoms with Crippen LogP contribution in [0.15, 0.2) is 18.5 Å². The summed E-state index contributed by atoms with van der Waals surface area (Å²) >= 11 is 5.93. The van der Waals surface area contributed by atoms with E-state index in [-0.39, 0.29) is 5.41 Å². The lowest BCUT2D eigenvalue weighted by Gasteiger charge is -2.21. The zero-order valence-electron chi connectivity index (χ0n) is 8.84. The van der Waals surface area contributed by atoms with Crippen LogP contribution < -0.4 is 5.73 Å². The summed E-state index contributed by atoms with van der Waals surface area (Å²) in [6.45, 7) is 4.81. The van der Waals surface area contributed by atoms with Gasteiger partial charge in [-0.05, 0) is 11.6 Å². The second-order valence-electron chi connectivity index (χ2n) is 4.34. The van der Waals surface area contributed by atoms with Crippen LogP contribution in [0, 0.1) is 0 Å². The summed E-state index contributed by atoms with van der Waals surface area (Å²) in [6, 6.07) is 1.92. The quantitative estimate of drug-likeness (QED) is 0.822. The average molecular weight is 224 g/mol. The van der Waals surface area contributed by atoms with Gasteiger partial charge >= 0.3 is 0 Å². The van der Waals surface area contributed by atoms with E-state index in [0.717, 1.165) is 16.6 Å². The zero-order chi connectivity index (χ0) is 11.1. The third-order valence-electron chi connectivity index (χ3n) is 2.74. The number of nitrogens with two attached hydrogens (primary N) is 1. The maximum atomic E-state index is 5.93. The van der Waals surface area contributed by atoms with Gasteiger partial charge in [0.15, 0.2) is 0 Å². The van der Waals surface area contributed by atoms with Crippen molar-refractivity contribution in [2.24, 2.45) is 5.73 Å². The van der Waals surface area contributed by atoms with Gasteiger partial charge in [0.05, 0.1) is 5.02 Å². The second kappa shape index (κ2) is 3.51. The van der Waals surface area contributed by atoms with Crippen molar-refractivity contribution in [1.82, 2.24) is 9.97 Å². The molecule has 2 rings (SSSR count). The summed E-state index contributed by atoms with van der Waals surface area (Å²) in [5.41, 5.74) is 7.71. The molecule has 0 aliphatic carbocycles. The van der Waals surface area contributed by atoms with Gasteiger partial charge in [-0.1, -0.05) is 25.4 Å². The third-order valence-corrected chi connectivity index (χ3v) is 2.94. The third kappa shape index (κ3) is 1.73. The van der Waals surface area contributed by atoms with Crippen molar-refractivity contribution in [3.63, 3.8) is 0 Å². The van der Waals surface area contributed by atoms with Crippen LogP contribution >= 0.6 is 11.6 Å². The number of hydrogen-bond acceptors (Lipinski definition) is 2. The van der Waals surface area contributed by atoms with E-state index in [1.807, 2.05) is 12.3 Å². The zero-order valence-corrected chi connectivity index (χ0v) is 9.60. The molecule has 0 bridgehead atoms. The highest BCUT2D eigenvalue weighted by molar-refractivity contribution is 6.31. The van der Waals surface area contributed by atoms with Crippen molar-refractivity contribution < 1.29 is 0 Å². The molecule has 3 nitrogen and oxygen atoms in total. The molecule has 80 valence electrons. The highest BCUT2D eigenvalue weighted by Gasteiger charge is 2.22. The second-order valence-corrected chi connectivity index (χ2v) is 4.78. The van der Waals surface area contributed by atoms with Crippen molar-refractivity contribution in [1.29, 1.82) is 0 Å². The molecule has 0 atom stereocenters. The lowest BCUT2D eigenvalue weighted by molar-refractivity contribution is 0.544. The van der Waals surface area contributed by atoms with Crippen LogP contribution in [-0.4, -0.2) is 16.5 Å². The Bertz CT molecular complexity index is 488. The number of aromatic nitrogens is 2. The van der Waals surface area contributed by atoms with Gasteiger partial charge in [-0.25, -0.2) is 4.98 Å². The molecule has 0 saturated heterocycles. The number of H-pyrrole nitrogens is 1. The molecule has 0 amide bonds. The van der Waals surface area contributed by atoms with Crippen molar-refractivity contribution in [3.8, 4) is 0 Å². The number of nitrogens with zero attached hydrogens (tertiary/aromatic N) is 1. The van der Waals surface area contributed by atoms with Gasteiger partial charge in [-0.2, -0.15) is 0 Å². The fraction of sp³-hybridized carbons (Fsp3) is 0.364. The number of aromatic amines is 1. The summed E-state index contributed by atoms with van der Waals surface area (Å²) in [6.07, 6.45) is 3.60. The molecular formula is C11H14ClN3. The molecule has 2 heterocycles. The number of hydrogen-bond donors (Lipinski definition) is 2. The van der Waals surface area contributed by atoms with Gasteiger partial charge in [0, 0.05) is 29.7 Å². The Morgan fingerprint density at radius 1 is 1.53 bits per heavy atom. The molecule has 2 aromatic heterocycles. The number of halogens is 1. The van der Waals surface area contributed by atoms with E-state index in [4.69, 9.17) is 17.3 Å². The lowest BCUT2D eigenvalue weighted by Crippen LogP contribution is -2.27. The predicted molar refractivity (Wildman–Crippen MR) is 63.2 cm³/mol. The molecule has 0 saturated carbocycles. The normalized spacial score (nSPS) is 12.3. The molecule has 0 fully saturated rings. The highest BCUT2D eigenvalue weighted by atomic mass is 35.5. The molecule has 15 heavy (non-hydrogen) atoms. The molecule has 0 aliphatic heterocycles. The Labute approximate surface area is 93.6 Å². The maximum Gasteiger partial charge on any atom is 0.137 e. The minimum absolute atomic E-state index is 0.0649. The van der Waals surface area contributed by atoms with Crippen LogP contribution in [0.1, 0.15) is 19.4 Å². The first-order chi connectivity index (χ1) is 7.04. The average Bonchev–Trinajstić information content (AvgIpc) is 2.61. The van der Waals surface area contributed by atoms with E-state index in [2.05, 4.69) is 23.8 Å². The van der Waals surface area contributed by atoms with E-state index in [1.165, 1.54) is 0 Å². The van der Waals surface area contributed by atoms with Crippen LogP contribution in [0.2, 0.25) is 5.02 Å². The number of rotatable bonds is 2. The van der Waals surface area contributed by atoms with E-state index in [0.29, 0.717) is 11.6 Å². The van der Waals surface area contributed by atoms with Crippen molar-refractivity contribution in [2.45, 2.75) is 19.3 Å². The molecule has 0 aliphatic rings. The highest BCUT2D eigenvalue weighted by Crippen LogP contribution is 2.29. The summed E-state index contributed by atoms with van der Waals surface area (Å²) < 4.78 is 0. The molecule has 3 N–H and O–H groups in total. The molecular weight excluding hydrogens is 210 g/mol. The van der Waals surface area contributed by atoms with Gasteiger partial charge in [-0.15, -0.1) is 0 Å². The number of pyridine rings is 1. The van der Waals surface area contributed by atoms with Crippen LogP contribution in [-0.2, 0) is 5.41 Å². The van der Waals surface area contributed by atoms with Crippen molar-refractivity contribution >= 4 is 22.6 Å². The minimum atomic E-state index is -0.0649. The number of fused-ring (bicyclic) bond motifs is 1. The van der Waals surface area contributed by atoms with Gasteiger partial charge in [-0.3, -0.25) is 0 Å². The lowest BCUT2D eigenvalue weighted by atomic mass is 9.85. The van der Waals surface area contributed by atoms with Gasteiger partial charge in [0.25, 0.3) is 0 Å². The fourth-order valence-electron chi connectivity index (χ4n) is 1.65. The van der Waals surface area contributed by atoms with E-state index < -0.39 is 0 Å². The first-order valence-corrected chi connectivity index (χ1v) is 5.25. The minimum Gasteiger partial charge on any atom is -0.346 e. The van der Waals surface area contributed by atoms with Crippen LogP contribution in [0.4, 0.5) is 0 Å². The Morgan fingerprint density at radius 2 is 2.27 bits per heavy atom. The monoisotopic (exact) mass is 223 g/mol. The Hall–Kier alpha value is -1.06. The van der Waals surface area contributed by atoms with Gasteiger partial charge in [0.1, 0.15) is 5.65 Å². The first kappa shape index (κ1) is 10.5.